The average Bonchev–Trinajstić information content (AvgIpc) is 3.03. The van der Waals surface area contributed by atoms with E-state index in [4.69, 9.17) is 0 Å². The molecule has 3 atom stereocenters. The van der Waals surface area contributed by atoms with E-state index >= 15 is 0 Å². The number of nitrogens with one attached hydrogen (secondary N) is 1. The third-order valence-corrected chi connectivity index (χ3v) is 7.55. The lowest BCUT2D eigenvalue weighted by Gasteiger charge is -2.30. The van der Waals surface area contributed by atoms with E-state index < -0.39 is 15.9 Å². The SMILES string of the molecule is CC(NC(=O)C1CSC2(C)CCC(=O)N12)c1ccc(S(C)(=O)=O)cc1. The normalized spacial score (nSPS) is 27.2. The van der Waals surface area contributed by atoms with Gasteiger partial charge < -0.3 is 10.2 Å². The molecule has 0 saturated carbocycles. The molecule has 1 aromatic rings. The number of hydrogen-bond acceptors (Lipinski definition) is 5. The monoisotopic (exact) mass is 382 g/mol. The van der Waals surface area contributed by atoms with Gasteiger partial charge in [0, 0.05) is 18.4 Å². The molecule has 25 heavy (non-hydrogen) atoms. The molecule has 6 nitrogen and oxygen atoms in total. The molecular formula is C17H22N2O4S2. The van der Waals surface area contributed by atoms with Crippen LogP contribution in [-0.2, 0) is 19.4 Å². The highest BCUT2D eigenvalue weighted by Gasteiger charge is 2.52. The molecule has 2 aliphatic heterocycles. The van der Waals surface area contributed by atoms with E-state index in [2.05, 4.69) is 5.32 Å². The minimum Gasteiger partial charge on any atom is -0.348 e. The molecule has 1 aromatic carbocycles. The van der Waals surface area contributed by atoms with Gasteiger partial charge in [-0.15, -0.1) is 11.8 Å². The van der Waals surface area contributed by atoms with Crippen molar-refractivity contribution in [2.45, 2.75) is 48.5 Å². The first-order valence-corrected chi connectivity index (χ1v) is 11.1. The predicted octanol–water partition coefficient (Wildman–Crippen LogP) is 1.72. The minimum atomic E-state index is -3.24. The summed E-state index contributed by atoms with van der Waals surface area (Å²) in [5, 5.41) is 2.95. The maximum absolute atomic E-state index is 12.7. The molecule has 0 bridgehead atoms. The summed E-state index contributed by atoms with van der Waals surface area (Å²) in [6, 6.07) is 5.78. The number of hydrogen-bond donors (Lipinski definition) is 1. The van der Waals surface area contributed by atoms with Crippen molar-refractivity contribution < 1.29 is 18.0 Å². The van der Waals surface area contributed by atoms with Crippen LogP contribution in [0.3, 0.4) is 0 Å². The number of benzene rings is 1. The summed E-state index contributed by atoms with van der Waals surface area (Å²) < 4.78 is 23.0. The second-order valence-corrected chi connectivity index (χ2v) is 10.4. The zero-order chi connectivity index (χ0) is 18.4. The lowest BCUT2D eigenvalue weighted by atomic mass is 10.1. The highest BCUT2D eigenvalue weighted by Crippen LogP contribution is 2.47. The molecule has 2 heterocycles. The number of rotatable bonds is 4. The van der Waals surface area contributed by atoms with Gasteiger partial charge in [-0.05, 0) is 38.0 Å². The third-order valence-electron chi connectivity index (χ3n) is 4.91. The Morgan fingerprint density at radius 1 is 1.36 bits per heavy atom. The molecule has 0 radical (unpaired) electrons. The van der Waals surface area contributed by atoms with Crippen molar-refractivity contribution in [2.75, 3.05) is 12.0 Å². The largest absolute Gasteiger partial charge is 0.348 e. The second-order valence-electron chi connectivity index (χ2n) is 6.84. The Morgan fingerprint density at radius 2 is 2.00 bits per heavy atom. The van der Waals surface area contributed by atoms with E-state index in [1.165, 1.54) is 0 Å². The fraction of sp³-hybridized carbons (Fsp3) is 0.529. The lowest BCUT2D eigenvalue weighted by molar-refractivity contribution is -0.138. The first-order valence-electron chi connectivity index (χ1n) is 8.18. The van der Waals surface area contributed by atoms with Crippen molar-refractivity contribution in [3.05, 3.63) is 29.8 Å². The highest BCUT2D eigenvalue weighted by atomic mass is 32.2. The van der Waals surface area contributed by atoms with Crippen LogP contribution in [0.1, 0.15) is 38.3 Å². The molecule has 136 valence electrons. The Hall–Kier alpha value is -1.54. The summed E-state index contributed by atoms with van der Waals surface area (Å²) in [6.45, 7) is 3.86. The molecule has 2 saturated heterocycles. The molecule has 2 aliphatic rings. The van der Waals surface area contributed by atoms with Crippen LogP contribution in [0, 0.1) is 0 Å². The Morgan fingerprint density at radius 3 is 2.60 bits per heavy atom. The Kier molecular flexibility index (Phi) is 4.61. The highest BCUT2D eigenvalue weighted by molar-refractivity contribution is 8.01. The first-order chi connectivity index (χ1) is 11.6. The maximum atomic E-state index is 12.7. The van der Waals surface area contributed by atoms with Crippen LogP contribution in [0.5, 0.6) is 0 Å². The summed E-state index contributed by atoms with van der Waals surface area (Å²) in [7, 11) is -3.24. The second kappa shape index (κ2) is 6.32. The van der Waals surface area contributed by atoms with E-state index in [0.717, 1.165) is 18.2 Å². The predicted molar refractivity (Wildman–Crippen MR) is 96.8 cm³/mol. The third kappa shape index (κ3) is 3.42. The van der Waals surface area contributed by atoms with E-state index in [0.29, 0.717) is 12.2 Å². The van der Waals surface area contributed by atoms with Gasteiger partial charge in [0.25, 0.3) is 0 Å². The van der Waals surface area contributed by atoms with Crippen LogP contribution in [0.2, 0.25) is 0 Å². The van der Waals surface area contributed by atoms with Crippen LogP contribution in [0.15, 0.2) is 29.2 Å². The van der Waals surface area contributed by atoms with Gasteiger partial charge >= 0.3 is 0 Å². The van der Waals surface area contributed by atoms with Crippen molar-refractivity contribution in [1.29, 1.82) is 0 Å². The molecule has 0 spiro atoms. The summed E-state index contributed by atoms with van der Waals surface area (Å²) in [5.41, 5.74) is 0.821. The van der Waals surface area contributed by atoms with Gasteiger partial charge in [0.05, 0.1) is 15.8 Å². The number of fused-ring (bicyclic) bond motifs is 1. The first kappa shape index (κ1) is 18.3. The number of nitrogens with zero attached hydrogens (tertiary/aromatic N) is 1. The van der Waals surface area contributed by atoms with Gasteiger partial charge in [-0.25, -0.2) is 8.42 Å². The summed E-state index contributed by atoms with van der Waals surface area (Å²) in [4.78, 5) is 26.5. The number of carbonyl (C=O) groups is 2. The Balaban J connectivity index is 1.70. The van der Waals surface area contributed by atoms with Crippen LogP contribution in [0.4, 0.5) is 0 Å². The maximum Gasteiger partial charge on any atom is 0.244 e. The van der Waals surface area contributed by atoms with E-state index in [-0.39, 0.29) is 27.6 Å². The number of amides is 2. The standard InChI is InChI=1S/C17H22N2O4S2/c1-11(12-4-6-13(7-5-12)25(3,22)23)18-16(21)14-10-24-17(2)9-8-15(20)19(14)17/h4-7,11,14H,8-10H2,1-3H3,(H,18,21). The lowest BCUT2D eigenvalue weighted by Crippen LogP contribution is -2.50. The van der Waals surface area contributed by atoms with E-state index in [9.17, 15) is 18.0 Å². The van der Waals surface area contributed by atoms with Crippen molar-refractivity contribution in [1.82, 2.24) is 10.2 Å². The van der Waals surface area contributed by atoms with Crippen molar-refractivity contribution in [2.24, 2.45) is 0 Å². The summed E-state index contributed by atoms with van der Waals surface area (Å²) >= 11 is 1.66. The number of sulfone groups is 1. The molecule has 0 aliphatic carbocycles. The van der Waals surface area contributed by atoms with E-state index in [1.54, 1.807) is 40.9 Å². The minimum absolute atomic E-state index is 0.0396. The van der Waals surface area contributed by atoms with Crippen molar-refractivity contribution in [3.63, 3.8) is 0 Å². The summed E-state index contributed by atoms with van der Waals surface area (Å²) in [5.74, 6) is 0.484. The number of carbonyl (C=O) groups excluding carboxylic acids is 2. The fourth-order valence-electron chi connectivity index (χ4n) is 3.41. The molecule has 1 N–H and O–H groups in total. The van der Waals surface area contributed by atoms with Crippen LogP contribution >= 0.6 is 11.8 Å². The van der Waals surface area contributed by atoms with Crippen LogP contribution in [0.25, 0.3) is 0 Å². The van der Waals surface area contributed by atoms with Gasteiger partial charge in [0.15, 0.2) is 9.84 Å². The van der Waals surface area contributed by atoms with Gasteiger partial charge in [-0.2, -0.15) is 0 Å². The average molecular weight is 383 g/mol. The van der Waals surface area contributed by atoms with Crippen molar-refractivity contribution in [3.8, 4) is 0 Å². The zero-order valence-electron chi connectivity index (χ0n) is 14.5. The molecule has 2 amide bonds. The quantitative estimate of drug-likeness (QED) is 0.857. The zero-order valence-corrected chi connectivity index (χ0v) is 16.1. The molecule has 2 fully saturated rings. The van der Waals surface area contributed by atoms with Gasteiger partial charge in [-0.3, -0.25) is 9.59 Å². The van der Waals surface area contributed by atoms with Gasteiger partial charge in [-0.1, -0.05) is 12.1 Å². The van der Waals surface area contributed by atoms with Crippen LogP contribution in [-0.4, -0.2) is 48.1 Å². The summed E-state index contributed by atoms with van der Waals surface area (Å²) in [6.07, 6.45) is 2.44. The molecule has 3 unspecified atom stereocenters. The van der Waals surface area contributed by atoms with Gasteiger partial charge in [0.1, 0.15) is 6.04 Å². The smallest absolute Gasteiger partial charge is 0.244 e. The molecule has 3 rings (SSSR count). The molecule has 8 heteroatoms. The van der Waals surface area contributed by atoms with Crippen molar-refractivity contribution >= 4 is 33.4 Å². The van der Waals surface area contributed by atoms with E-state index in [1.807, 2.05) is 13.8 Å². The van der Waals surface area contributed by atoms with Gasteiger partial charge in [0.2, 0.25) is 11.8 Å². The Labute approximate surface area is 152 Å². The van der Waals surface area contributed by atoms with Crippen LogP contribution < -0.4 is 5.32 Å². The number of thioether (sulfide) groups is 1. The molecular weight excluding hydrogens is 360 g/mol. The topological polar surface area (TPSA) is 83.6 Å². The molecule has 0 aromatic heterocycles. The fourth-order valence-corrected chi connectivity index (χ4v) is 5.47. The Bertz CT molecular complexity index is 806.